The Balaban J connectivity index is 1.41. The second kappa shape index (κ2) is 8.41. The SMILES string of the molecule is CCOc1ccc(NC(=O)[C@@H](Cc2ccccc2)N2C(=O)[C@@H]3[C@H]4CC[C@@H](C4)[C@@H]3C2=O)cc1. The van der Waals surface area contributed by atoms with Gasteiger partial charge in [0.1, 0.15) is 11.8 Å². The minimum Gasteiger partial charge on any atom is -0.494 e. The summed E-state index contributed by atoms with van der Waals surface area (Å²) in [4.78, 5) is 41.5. The van der Waals surface area contributed by atoms with E-state index in [1.165, 1.54) is 4.90 Å². The van der Waals surface area contributed by atoms with Crippen molar-refractivity contribution in [2.75, 3.05) is 11.9 Å². The zero-order valence-electron chi connectivity index (χ0n) is 18.2. The Labute approximate surface area is 187 Å². The molecule has 6 heteroatoms. The molecule has 0 unspecified atom stereocenters. The Morgan fingerprint density at radius 3 is 2.22 bits per heavy atom. The molecular weight excluding hydrogens is 404 g/mol. The van der Waals surface area contributed by atoms with Gasteiger partial charge in [0.15, 0.2) is 0 Å². The van der Waals surface area contributed by atoms with E-state index in [4.69, 9.17) is 4.74 Å². The number of amides is 3. The van der Waals surface area contributed by atoms with Gasteiger partial charge in [-0.3, -0.25) is 19.3 Å². The van der Waals surface area contributed by atoms with E-state index in [0.717, 1.165) is 30.6 Å². The van der Waals surface area contributed by atoms with Crippen molar-refractivity contribution < 1.29 is 19.1 Å². The molecule has 1 aliphatic heterocycles. The van der Waals surface area contributed by atoms with Crippen LogP contribution < -0.4 is 10.1 Å². The van der Waals surface area contributed by atoms with Crippen LogP contribution in [0.3, 0.4) is 0 Å². The van der Waals surface area contributed by atoms with Gasteiger partial charge in [0.05, 0.1) is 18.4 Å². The third kappa shape index (κ3) is 3.57. The Kier molecular flexibility index (Phi) is 5.45. The molecule has 2 saturated carbocycles. The Hall–Kier alpha value is -3.15. The van der Waals surface area contributed by atoms with E-state index in [2.05, 4.69) is 5.32 Å². The average Bonchev–Trinajstić information content (AvgIpc) is 3.48. The number of ether oxygens (including phenoxy) is 1. The molecule has 1 heterocycles. The van der Waals surface area contributed by atoms with Crippen LogP contribution in [0.5, 0.6) is 5.75 Å². The Morgan fingerprint density at radius 2 is 1.62 bits per heavy atom. The second-order valence-corrected chi connectivity index (χ2v) is 9.08. The van der Waals surface area contributed by atoms with E-state index in [1.54, 1.807) is 24.3 Å². The van der Waals surface area contributed by atoms with Crippen molar-refractivity contribution in [1.82, 2.24) is 4.90 Å². The van der Waals surface area contributed by atoms with Crippen LogP contribution in [0.15, 0.2) is 54.6 Å². The van der Waals surface area contributed by atoms with Crippen LogP contribution in [0, 0.1) is 23.7 Å². The molecule has 3 fully saturated rings. The van der Waals surface area contributed by atoms with E-state index in [9.17, 15) is 14.4 Å². The molecule has 5 atom stereocenters. The predicted molar refractivity (Wildman–Crippen MR) is 120 cm³/mol. The largest absolute Gasteiger partial charge is 0.494 e. The van der Waals surface area contributed by atoms with Gasteiger partial charge in [-0.15, -0.1) is 0 Å². The van der Waals surface area contributed by atoms with Crippen molar-refractivity contribution >= 4 is 23.4 Å². The van der Waals surface area contributed by atoms with Crippen molar-refractivity contribution in [2.24, 2.45) is 23.7 Å². The van der Waals surface area contributed by atoms with Crippen molar-refractivity contribution in [3.8, 4) is 5.75 Å². The van der Waals surface area contributed by atoms with E-state index in [-0.39, 0.29) is 41.4 Å². The van der Waals surface area contributed by atoms with Gasteiger partial charge in [0, 0.05) is 12.1 Å². The first-order valence-corrected chi connectivity index (χ1v) is 11.5. The maximum atomic E-state index is 13.4. The number of benzene rings is 2. The number of hydrogen-bond acceptors (Lipinski definition) is 4. The number of fused-ring (bicyclic) bond motifs is 5. The van der Waals surface area contributed by atoms with Gasteiger partial charge in [-0.25, -0.2) is 0 Å². The summed E-state index contributed by atoms with van der Waals surface area (Å²) in [5.41, 5.74) is 1.52. The highest BCUT2D eigenvalue weighted by molar-refractivity contribution is 6.10. The lowest BCUT2D eigenvalue weighted by atomic mass is 9.81. The molecule has 0 radical (unpaired) electrons. The van der Waals surface area contributed by atoms with E-state index < -0.39 is 6.04 Å². The zero-order chi connectivity index (χ0) is 22.2. The molecule has 2 aliphatic carbocycles. The van der Waals surface area contributed by atoms with E-state index in [1.807, 2.05) is 37.3 Å². The normalized spacial score (nSPS) is 26.8. The summed E-state index contributed by atoms with van der Waals surface area (Å²) in [5.74, 6) is 0.170. The average molecular weight is 433 g/mol. The maximum absolute atomic E-state index is 13.4. The quantitative estimate of drug-likeness (QED) is 0.678. The monoisotopic (exact) mass is 432 g/mol. The van der Waals surface area contributed by atoms with Gasteiger partial charge in [-0.1, -0.05) is 30.3 Å². The predicted octanol–water partition coefficient (Wildman–Crippen LogP) is 3.67. The van der Waals surface area contributed by atoms with Crippen molar-refractivity contribution in [1.29, 1.82) is 0 Å². The van der Waals surface area contributed by atoms with Crippen LogP contribution >= 0.6 is 0 Å². The highest BCUT2D eigenvalue weighted by Gasteiger charge is 2.62. The smallest absolute Gasteiger partial charge is 0.248 e. The number of rotatable bonds is 7. The van der Waals surface area contributed by atoms with Gasteiger partial charge in [0.2, 0.25) is 17.7 Å². The van der Waals surface area contributed by atoms with Crippen LogP contribution in [0.2, 0.25) is 0 Å². The molecule has 2 bridgehead atoms. The molecule has 1 N–H and O–H groups in total. The fourth-order valence-electron chi connectivity index (χ4n) is 5.90. The highest BCUT2D eigenvalue weighted by Crippen LogP contribution is 2.56. The maximum Gasteiger partial charge on any atom is 0.248 e. The minimum atomic E-state index is -0.867. The van der Waals surface area contributed by atoms with Crippen LogP contribution in [0.4, 0.5) is 5.69 Å². The lowest BCUT2D eigenvalue weighted by molar-refractivity contribution is -0.147. The third-order valence-corrected chi connectivity index (χ3v) is 7.28. The number of likely N-dealkylation sites (tertiary alicyclic amines) is 1. The van der Waals surface area contributed by atoms with Crippen LogP contribution in [-0.4, -0.2) is 35.3 Å². The van der Waals surface area contributed by atoms with Gasteiger partial charge in [-0.2, -0.15) is 0 Å². The standard InChI is InChI=1S/C26H28N2O4/c1-2-32-20-12-10-19(11-13-20)27-24(29)21(14-16-6-4-3-5-7-16)28-25(30)22-17-8-9-18(15-17)23(22)26(28)31/h3-7,10-13,17-18,21-23H,2,8-9,14-15H2,1H3,(H,27,29)/t17-,18-,21+,22-,23+/m0/s1. The Morgan fingerprint density at radius 1 is 1.00 bits per heavy atom. The Bertz CT molecular complexity index is 992. The number of hydrogen-bond donors (Lipinski definition) is 1. The van der Waals surface area contributed by atoms with Crippen molar-refractivity contribution in [2.45, 2.75) is 38.6 Å². The fraction of sp³-hybridized carbons (Fsp3) is 0.423. The molecule has 0 spiro atoms. The number of carbonyl (C=O) groups excluding carboxylic acids is 3. The molecule has 0 aromatic heterocycles. The summed E-state index contributed by atoms with van der Waals surface area (Å²) in [6.45, 7) is 2.48. The zero-order valence-corrected chi connectivity index (χ0v) is 18.2. The molecule has 3 aliphatic rings. The lowest BCUT2D eigenvalue weighted by Crippen LogP contribution is -2.49. The van der Waals surface area contributed by atoms with Crippen LogP contribution in [-0.2, 0) is 20.8 Å². The van der Waals surface area contributed by atoms with Crippen molar-refractivity contribution in [3.05, 3.63) is 60.2 Å². The highest BCUT2D eigenvalue weighted by atomic mass is 16.5. The number of imide groups is 1. The molecule has 5 rings (SSSR count). The molecule has 32 heavy (non-hydrogen) atoms. The molecule has 1 saturated heterocycles. The summed E-state index contributed by atoms with van der Waals surface area (Å²) >= 11 is 0. The molecule has 2 aromatic carbocycles. The molecule has 3 amide bonds. The topological polar surface area (TPSA) is 75.7 Å². The van der Waals surface area contributed by atoms with Crippen molar-refractivity contribution in [3.63, 3.8) is 0 Å². The number of anilines is 1. The van der Waals surface area contributed by atoms with Crippen LogP contribution in [0.25, 0.3) is 0 Å². The summed E-state index contributed by atoms with van der Waals surface area (Å²) in [7, 11) is 0. The summed E-state index contributed by atoms with van der Waals surface area (Å²) in [5, 5.41) is 2.91. The fourth-order valence-corrected chi connectivity index (χ4v) is 5.90. The van der Waals surface area contributed by atoms with Crippen LogP contribution in [0.1, 0.15) is 31.7 Å². The third-order valence-electron chi connectivity index (χ3n) is 7.28. The minimum absolute atomic E-state index is 0.157. The van der Waals surface area contributed by atoms with E-state index >= 15 is 0 Å². The summed E-state index contributed by atoms with van der Waals surface area (Å²) < 4.78 is 5.46. The summed E-state index contributed by atoms with van der Waals surface area (Å²) in [6, 6.07) is 15.8. The molecular formula is C26H28N2O4. The van der Waals surface area contributed by atoms with Gasteiger partial charge in [-0.05, 0) is 67.9 Å². The summed E-state index contributed by atoms with van der Waals surface area (Å²) in [6.07, 6.45) is 3.30. The van der Waals surface area contributed by atoms with Gasteiger partial charge < -0.3 is 10.1 Å². The molecule has 166 valence electrons. The molecule has 2 aromatic rings. The van der Waals surface area contributed by atoms with E-state index in [0.29, 0.717) is 18.7 Å². The molecule has 6 nitrogen and oxygen atoms in total. The van der Waals surface area contributed by atoms with Gasteiger partial charge in [0.25, 0.3) is 0 Å². The number of carbonyl (C=O) groups is 3. The van der Waals surface area contributed by atoms with Gasteiger partial charge >= 0.3 is 0 Å². The second-order valence-electron chi connectivity index (χ2n) is 9.08. The first-order valence-electron chi connectivity index (χ1n) is 11.5. The first kappa shape index (κ1) is 20.7. The number of nitrogens with one attached hydrogen (secondary N) is 1. The lowest BCUT2D eigenvalue weighted by Gasteiger charge is -2.27. The number of nitrogens with zero attached hydrogens (tertiary/aromatic N) is 1. The first-order chi connectivity index (χ1) is 15.6.